The van der Waals surface area contributed by atoms with E-state index in [9.17, 15) is 0 Å². The van der Waals surface area contributed by atoms with Gasteiger partial charge in [0.05, 0.1) is 12.2 Å². The number of hydrogen-bond donors (Lipinski definition) is 2. The number of allylic oxidation sites excluding steroid dienone is 1. The Bertz CT molecular complexity index is 487. The molecular formula is C16H27N5. The molecule has 5 heteroatoms. The molecule has 1 aromatic rings. The predicted molar refractivity (Wildman–Crippen MR) is 87.2 cm³/mol. The van der Waals surface area contributed by atoms with Crippen LogP contribution in [0, 0.1) is 0 Å². The normalized spacial score (nSPS) is 15.7. The summed E-state index contributed by atoms with van der Waals surface area (Å²) >= 11 is 0. The van der Waals surface area contributed by atoms with E-state index in [1.807, 2.05) is 17.8 Å². The van der Waals surface area contributed by atoms with Crippen LogP contribution in [0.3, 0.4) is 0 Å². The number of aryl methyl sites for hydroxylation is 1. The number of aromatic nitrogens is 2. The molecule has 0 fully saturated rings. The van der Waals surface area contributed by atoms with Crippen LogP contribution in [0.2, 0.25) is 0 Å². The molecule has 1 heterocycles. The van der Waals surface area contributed by atoms with Gasteiger partial charge in [-0.3, -0.25) is 4.68 Å². The largest absolute Gasteiger partial charge is 0.357 e. The summed E-state index contributed by atoms with van der Waals surface area (Å²) in [5, 5.41) is 10.9. The Labute approximate surface area is 127 Å². The molecular weight excluding hydrogens is 262 g/mol. The fourth-order valence-electron chi connectivity index (χ4n) is 2.53. The van der Waals surface area contributed by atoms with Crippen molar-refractivity contribution in [2.75, 3.05) is 13.1 Å². The molecule has 0 bridgehead atoms. The van der Waals surface area contributed by atoms with Crippen molar-refractivity contribution in [3.8, 4) is 0 Å². The molecule has 0 unspecified atom stereocenters. The third kappa shape index (κ3) is 5.25. The van der Waals surface area contributed by atoms with Gasteiger partial charge in [0.15, 0.2) is 5.96 Å². The van der Waals surface area contributed by atoms with E-state index in [-0.39, 0.29) is 0 Å². The minimum Gasteiger partial charge on any atom is -0.357 e. The Morgan fingerprint density at radius 2 is 2.29 bits per heavy atom. The van der Waals surface area contributed by atoms with Gasteiger partial charge in [-0.2, -0.15) is 5.10 Å². The number of nitrogens with zero attached hydrogens (tertiary/aromatic N) is 3. The molecule has 1 aliphatic carbocycles. The van der Waals surface area contributed by atoms with Crippen LogP contribution in [0.25, 0.3) is 0 Å². The molecule has 2 N–H and O–H groups in total. The highest BCUT2D eigenvalue weighted by molar-refractivity contribution is 5.79. The topological polar surface area (TPSA) is 54.2 Å². The zero-order valence-electron chi connectivity index (χ0n) is 13.2. The lowest BCUT2D eigenvalue weighted by atomic mass is 9.97. The average molecular weight is 289 g/mol. The van der Waals surface area contributed by atoms with Gasteiger partial charge in [0.1, 0.15) is 0 Å². The lowest BCUT2D eigenvalue weighted by Gasteiger charge is -2.15. The van der Waals surface area contributed by atoms with Gasteiger partial charge in [-0.15, -0.1) is 0 Å². The molecule has 0 saturated carbocycles. The number of aliphatic imine (C=N–C) groups is 1. The van der Waals surface area contributed by atoms with E-state index in [4.69, 9.17) is 0 Å². The molecule has 0 radical (unpaired) electrons. The fraction of sp³-hybridized carbons (Fsp3) is 0.625. The second-order valence-corrected chi connectivity index (χ2v) is 5.43. The third-order valence-corrected chi connectivity index (χ3v) is 3.79. The highest BCUT2D eigenvalue weighted by Crippen LogP contribution is 2.19. The van der Waals surface area contributed by atoms with Gasteiger partial charge >= 0.3 is 0 Å². The van der Waals surface area contributed by atoms with Crippen molar-refractivity contribution < 1.29 is 0 Å². The van der Waals surface area contributed by atoms with Gasteiger partial charge in [-0.1, -0.05) is 11.6 Å². The summed E-state index contributed by atoms with van der Waals surface area (Å²) in [5.41, 5.74) is 2.71. The molecule has 0 aliphatic heterocycles. The number of rotatable bonds is 6. The van der Waals surface area contributed by atoms with Gasteiger partial charge in [0.2, 0.25) is 0 Å². The minimum absolute atomic E-state index is 0.647. The van der Waals surface area contributed by atoms with Crippen molar-refractivity contribution in [1.29, 1.82) is 0 Å². The molecule has 2 rings (SSSR count). The van der Waals surface area contributed by atoms with Gasteiger partial charge in [0, 0.05) is 26.3 Å². The van der Waals surface area contributed by atoms with Crippen LogP contribution in [-0.4, -0.2) is 28.8 Å². The van der Waals surface area contributed by atoms with Crippen molar-refractivity contribution in [2.24, 2.45) is 12.0 Å². The van der Waals surface area contributed by atoms with Crippen LogP contribution in [0.15, 0.2) is 28.9 Å². The lowest BCUT2D eigenvalue weighted by Crippen LogP contribution is -2.37. The number of hydrogen-bond acceptors (Lipinski definition) is 2. The fourth-order valence-corrected chi connectivity index (χ4v) is 2.53. The van der Waals surface area contributed by atoms with Gasteiger partial charge < -0.3 is 10.6 Å². The lowest BCUT2D eigenvalue weighted by molar-refractivity contribution is 0.664. The van der Waals surface area contributed by atoms with Crippen molar-refractivity contribution in [3.05, 3.63) is 29.6 Å². The van der Waals surface area contributed by atoms with Gasteiger partial charge in [-0.05, 0) is 45.1 Å². The van der Waals surface area contributed by atoms with Crippen molar-refractivity contribution in [3.63, 3.8) is 0 Å². The maximum atomic E-state index is 4.61. The Morgan fingerprint density at radius 3 is 2.95 bits per heavy atom. The molecule has 0 atom stereocenters. The summed E-state index contributed by atoms with van der Waals surface area (Å²) in [6.07, 6.45) is 10.6. The molecule has 0 amide bonds. The second-order valence-electron chi connectivity index (χ2n) is 5.43. The molecule has 0 saturated heterocycles. The third-order valence-electron chi connectivity index (χ3n) is 3.79. The number of nitrogens with one attached hydrogen (secondary N) is 2. The van der Waals surface area contributed by atoms with E-state index in [1.54, 1.807) is 11.8 Å². The zero-order chi connectivity index (χ0) is 14.9. The smallest absolute Gasteiger partial charge is 0.191 e. The first-order valence-corrected chi connectivity index (χ1v) is 7.96. The maximum absolute atomic E-state index is 4.61. The minimum atomic E-state index is 0.647. The summed E-state index contributed by atoms with van der Waals surface area (Å²) in [6.45, 7) is 4.56. The van der Waals surface area contributed by atoms with E-state index in [1.165, 1.54) is 25.7 Å². The molecule has 1 aliphatic rings. The first kappa shape index (κ1) is 15.6. The standard InChI is InChI=1S/C16H27N5/c1-3-17-16(19-13-15-10-12-20-21(15)2)18-11-9-14-7-5-4-6-8-14/h7,10,12H,3-6,8-9,11,13H2,1-2H3,(H2,17,18,19). The summed E-state index contributed by atoms with van der Waals surface area (Å²) in [5.74, 6) is 0.884. The van der Waals surface area contributed by atoms with Crippen molar-refractivity contribution in [1.82, 2.24) is 20.4 Å². The first-order chi connectivity index (χ1) is 10.3. The Morgan fingerprint density at radius 1 is 1.38 bits per heavy atom. The van der Waals surface area contributed by atoms with Crippen LogP contribution in [0.4, 0.5) is 0 Å². The van der Waals surface area contributed by atoms with E-state index in [2.05, 4.69) is 33.7 Å². The quantitative estimate of drug-likeness (QED) is 0.480. The van der Waals surface area contributed by atoms with Crippen LogP contribution < -0.4 is 10.6 Å². The van der Waals surface area contributed by atoms with Crippen LogP contribution in [-0.2, 0) is 13.6 Å². The summed E-state index contributed by atoms with van der Waals surface area (Å²) in [4.78, 5) is 4.61. The van der Waals surface area contributed by atoms with Crippen LogP contribution >= 0.6 is 0 Å². The van der Waals surface area contributed by atoms with Crippen molar-refractivity contribution >= 4 is 5.96 Å². The first-order valence-electron chi connectivity index (χ1n) is 7.96. The summed E-state index contributed by atoms with van der Waals surface area (Å²) in [6, 6.07) is 2.00. The Hall–Kier alpha value is -1.78. The second kappa shape index (κ2) is 8.49. The maximum Gasteiger partial charge on any atom is 0.191 e. The molecule has 0 spiro atoms. The SMILES string of the molecule is CCNC(=NCc1ccnn1C)NCCC1=CCCCC1. The van der Waals surface area contributed by atoms with E-state index >= 15 is 0 Å². The molecule has 116 valence electrons. The van der Waals surface area contributed by atoms with Crippen LogP contribution in [0.5, 0.6) is 0 Å². The Kier molecular flexibility index (Phi) is 6.31. The monoisotopic (exact) mass is 289 g/mol. The highest BCUT2D eigenvalue weighted by atomic mass is 15.3. The molecule has 21 heavy (non-hydrogen) atoms. The average Bonchev–Trinajstić information content (AvgIpc) is 2.91. The summed E-state index contributed by atoms with van der Waals surface area (Å²) < 4.78 is 1.86. The predicted octanol–water partition coefficient (Wildman–Crippen LogP) is 2.37. The van der Waals surface area contributed by atoms with E-state index < -0.39 is 0 Å². The van der Waals surface area contributed by atoms with Gasteiger partial charge in [-0.25, -0.2) is 4.99 Å². The van der Waals surface area contributed by atoms with Gasteiger partial charge in [0.25, 0.3) is 0 Å². The van der Waals surface area contributed by atoms with Crippen LogP contribution in [0.1, 0.15) is 44.7 Å². The molecule has 0 aromatic carbocycles. The zero-order valence-corrected chi connectivity index (χ0v) is 13.2. The van der Waals surface area contributed by atoms with E-state index in [0.29, 0.717) is 6.54 Å². The van der Waals surface area contributed by atoms with Crippen molar-refractivity contribution in [2.45, 2.75) is 45.6 Å². The van der Waals surface area contributed by atoms with E-state index in [0.717, 1.165) is 31.2 Å². The molecule has 1 aromatic heterocycles. The Balaban J connectivity index is 1.80. The highest BCUT2D eigenvalue weighted by Gasteiger charge is 2.04. The summed E-state index contributed by atoms with van der Waals surface area (Å²) in [7, 11) is 1.95. The number of guanidine groups is 1. The molecule has 5 nitrogen and oxygen atoms in total.